The van der Waals surface area contributed by atoms with Gasteiger partial charge in [-0.3, -0.25) is 0 Å². The number of nitrogens with zero attached hydrogens (tertiary/aromatic N) is 2. The summed E-state index contributed by atoms with van der Waals surface area (Å²) >= 11 is 5.85. The van der Waals surface area contributed by atoms with Crippen LogP contribution in [0.5, 0.6) is 0 Å². The minimum Gasteiger partial charge on any atom is -0.464 e. The molecule has 0 saturated heterocycles. The molecule has 0 fully saturated rings. The van der Waals surface area contributed by atoms with Crippen molar-refractivity contribution in [3.8, 4) is 0 Å². The van der Waals surface area contributed by atoms with E-state index in [9.17, 15) is 4.79 Å². The number of esters is 1. The van der Waals surface area contributed by atoms with Crippen molar-refractivity contribution in [3.05, 3.63) is 29.6 Å². The number of carbonyl (C=O) groups is 1. The zero-order chi connectivity index (χ0) is 14.7. The maximum absolute atomic E-state index is 12.0. The van der Waals surface area contributed by atoms with Crippen LogP contribution in [0.15, 0.2) is 18.2 Å². The molecule has 0 bridgehead atoms. The van der Waals surface area contributed by atoms with Crippen molar-refractivity contribution < 1.29 is 9.53 Å². The molecule has 0 saturated carbocycles. The number of benzene rings is 1. The molecular formula is C15H19ClN2O2. The summed E-state index contributed by atoms with van der Waals surface area (Å²) in [5.74, 6) is 1.05. The summed E-state index contributed by atoms with van der Waals surface area (Å²) in [5.41, 5.74) is 2.96. The summed E-state index contributed by atoms with van der Waals surface area (Å²) in [7, 11) is 0. The highest BCUT2D eigenvalue weighted by Crippen LogP contribution is 2.25. The topological polar surface area (TPSA) is 44.1 Å². The van der Waals surface area contributed by atoms with E-state index in [1.54, 1.807) is 0 Å². The van der Waals surface area contributed by atoms with Gasteiger partial charge in [-0.2, -0.15) is 0 Å². The Hall–Kier alpha value is -1.55. The summed E-state index contributed by atoms with van der Waals surface area (Å²) in [6.07, 6.45) is 0.624. The SMILES string of the molecule is CCOC(=O)C(C)n1c(CCCl)nc2cccc(C)c21. The molecule has 2 aromatic rings. The summed E-state index contributed by atoms with van der Waals surface area (Å²) in [6, 6.07) is 5.53. The number of hydrogen-bond donors (Lipinski definition) is 0. The molecule has 20 heavy (non-hydrogen) atoms. The molecule has 0 N–H and O–H groups in total. The third-order valence-electron chi connectivity index (χ3n) is 3.32. The Morgan fingerprint density at radius 3 is 2.90 bits per heavy atom. The Bertz CT molecular complexity index is 622. The van der Waals surface area contributed by atoms with Crippen molar-refractivity contribution in [2.75, 3.05) is 12.5 Å². The molecule has 0 amide bonds. The Morgan fingerprint density at radius 1 is 1.50 bits per heavy atom. The first-order valence-electron chi connectivity index (χ1n) is 6.79. The van der Waals surface area contributed by atoms with E-state index in [-0.39, 0.29) is 5.97 Å². The van der Waals surface area contributed by atoms with Gasteiger partial charge in [0.1, 0.15) is 11.9 Å². The lowest BCUT2D eigenvalue weighted by atomic mass is 10.2. The maximum atomic E-state index is 12.0. The molecule has 0 radical (unpaired) electrons. The summed E-state index contributed by atoms with van der Waals surface area (Å²) in [5, 5.41) is 0. The highest BCUT2D eigenvalue weighted by molar-refractivity contribution is 6.17. The van der Waals surface area contributed by atoms with E-state index < -0.39 is 6.04 Å². The van der Waals surface area contributed by atoms with Gasteiger partial charge in [0.2, 0.25) is 0 Å². The fourth-order valence-corrected chi connectivity index (χ4v) is 2.58. The monoisotopic (exact) mass is 294 g/mol. The second-order valence-corrected chi connectivity index (χ2v) is 5.09. The lowest BCUT2D eigenvalue weighted by Crippen LogP contribution is -2.21. The lowest BCUT2D eigenvalue weighted by molar-refractivity contribution is -0.146. The largest absolute Gasteiger partial charge is 0.464 e. The van der Waals surface area contributed by atoms with Gasteiger partial charge >= 0.3 is 5.97 Å². The van der Waals surface area contributed by atoms with Crippen molar-refractivity contribution in [1.29, 1.82) is 0 Å². The van der Waals surface area contributed by atoms with Gasteiger partial charge in [-0.25, -0.2) is 9.78 Å². The first-order chi connectivity index (χ1) is 9.60. The summed E-state index contributed by atoms with van der Waals surface area (Å²) in [4.78, 5) is 16.6. The molecule has 0 aliphatic carbocycles. The Labute approximate surface area is 123 Å². The van der Waals surface area contributed by atoms with E-state index in [1.165, 1.54) is 0 Å². The predicted molar refractivity (Wildman–Crippen MR) is 80.2 cm³/mol. The number of fused-ring (bicyclic) bond motifs is 1. The molecule has 1 atom stereocenters. The third-order valence-corrected chi connectivity index (χ3v) is 3.51. The van der Waals surface area contributed by atoms with Crippen LogP contribution >= 0.6 is 11.6 Å². The number of ether oxygens (including phenoxy) is 1. The van der Waals surface area contributed by atoms with Crippen LogP contribution in [0.2, 0.25) is 0 Å². The van der Waals surface area contributed by atoms with E-state index in [4.69, 9.17) is 16.3 Å². The van der Waals surface area contributed by atoms with E-state index in [2.05, 4.69) is 4.98 Å². The molecule has 1 aromatic heterocycles. The van der Waals surface area contributed by atoms with Crippen LogP contribution in [0, 0.1) is 6.92 Å². The second kappa shape index (κ2) is 6.27. The first kappa shape index (κ1) is 14.9. The maximum Gasteiger partial charge on any atom is 0.328 e. The fraction of sp³-hybridized carbons (Fsp3) is 0.467. The van der Waals surface area contributed by atoms with Gasteiger partial charge in [0, 0.05) is 12.3 Å². The number of halogens is 1. The average molecular weight is 295 g/mol. The van der Waals surface area contributed by atoms with Crippen molar-refractivity contribution in [1.82, 2.24) is 9.55 Å². The molecule has 0 spiro atoms. The fourth-order valence-electron chi connectivity index (χ4n) is 2.42. The Kier molecular flexibility index (Phi) is 4.65. The number of alkyl halides is 1. The van der Waals surface area contributed by atoms with E-state index in [1.807, 2.05) is 43.5 Å². The van der Waals surface area contributed by atoms with Crippen molar-refractivity contribution in [2.45, 2.75) is 33.2 Å². The highest BCUT2D eigenvalue weighted by atomic mass is 35.5. The second-order valence-electron chi connectivity index (χ2n) is 4.71. The minimum absolute atomic E-state index is 0.245. The molecule has 2 rings (SSSR count). The Balaban J connectivity index is 2.58. The molecule has 4 nitrogen and oxygen atoms in total. The number of aryl methyl sites for hydroxylation is 2. The molecule has 1 heterocycles. The van der Waals surface area contributed by atoms with E-state index in [0.29, 0.717) is 18.9 Å². The standard InChI is InChI=1S/C15H19ClN2O2/c1-4-20-15(19)11(3)18-13(8-9-16)17-12-7-5-6-10(2)14(12)18/h5-7,11H,4,8-9H2,1-3H3. The molecule has 0 aliphatic heterocycles. The van der Waals surface area contributed by atoms with Crippen LogP contribution in [0.1, 0.15) is 31.3 Å². The molecule has 108 valence electrons. The van der Waals surface area contributed by atoms with Crippen LogP contribution < -0.4 is 0 Å². The lowest BCUT2D eigenvalue weighted by Gasteiger charge is -2.16. The van der Waals surface area contributed by atoms with Gasteiger partial charge in [-0.15, -0.1) is 11.6 Å². The average Bonchev–Trinajstić information content (AvgIpc) is 2.78. The molecule has 1 unspecified atom stereocenters. The normalized spacial score (nSPS) is 12.6. The van der Waals surface area contributed by atoms with Crippen LogP contribution in [0.4, 0.5) is 0 Å². The number of hydrogen-bond acceptors (Lipinski definition) is 3. The quantitative estimate of drug-likeness (QED) is 0.628. The Morgan fingerprint density at radius 2 is 2.25 bits per heavy atom. The summed E-state index contributed by atoms with van der Waals surface area (Å²) < 4.78 is 7.08. The van der Waals surface area contributed by atoms with Crippen LogP contribution in [-0.4, -0.2) is 28.0 Å². The smallest absolute Gasteiger partial charge is 0.328 e. The van der Waals surface area contributed by atoms with Gasteiger partial charge in [-0.1, -0.05) is 12.1 Å². The predicted octanol–water partition coefficient (Wildman–Crippen LogP) is 3.25. The number of para-hydroxylation sites is 1. The van der Waals surface area contributed by atoms with Crippen molar-refractivity contribution in [3.63, 3.8) is 0 Å². The minimum atomic E-state index is -0.403. The van der Waals surface area contributed by atoms with Gasteiger partial charge < -0.3 is 9.30 Å². The number of carbonyl (C=O) groups excluding carboxylic acids is 1. The zero-order valence-electron chi connectivity index (χ0n) is 12.0. The van der Waals surface area contributed by atoms with Gasteiger partial charge in [0.25, 0.3) is 0 Å². The highest BCUT2D eigenvalue weighted by Gasteiger charge is 2.23. The van der Waals surface area contributed by atoms with Crippen molar-refractivity contribution >= 4 is 28.6 Å². The molecule has 1 aromatic carbocycles. The molecule has 5 heteroatoms. The van der Waals surface area contributed by atoms with Gasteiger partial charge in [0.05, 0.1) is 17.6 Å². The third kappa shape index (κ3) is 2.66. The van der Waals surface area contributed by atoms with Crippen LogP contribution in [0.25, 0.3) is 11.0 Å². The number of imidazole rings is 1. The van der Waals surface area contributed by atoms with Crippen molar-refractivity contribution in [2.24, 2.45) is 0 Å². The molecule has 0 aliphatic rings. The van der Waals surface area contributed by atoms with Crippen LogP contribution in [-0.2, 0) is 16.0 Å². The molecular weight excluding hydrogens is 276 g/mol. The van der Waals surface area contributed by atoms with E-state index in [0.717, 1.165) is 22.4 Å². The van der Waals surface area contributed by atoms with Crippen LogP contribution in [0.3, 0.4) is 0 Å². The number of aromatic nitrogens is 2. The first-order valence-corrected chi connectivity index (χ1v) is 7.32. The van der Waals surface area contributed by atoms with E-state index >= 15 is 0 Å². The summed E-state index contributed by atoms with van der Waals surface area (Å²) in [6.45, 7) is 6.04. The number of rotatable bonds is 5. The van der Waals surface area contributed by atoms with Gasteiger partial charge in [0.15, 0.2) is 0 Å². The van der Waals surface area contributed by atoms with Gasteiger partial charge in [-0.05, 0) is 32.4 Å². The zero-order valence-corrected chi connectivity index (χ0v) is 12.8.